The van der Waals surface area contributed by atoms with Crippen molar-refractivity contribution in [3.05, 3.63) is 0 Å². The van der Waals surface area contributed by atoms with E-state index in [-0.39, 0.29) is 12.1 Å². The number of amides is 1. The molecule has 0 bridgehead atoms. The number of carbonyl (C=O) groups is 1. The van der Waals surface area contributed by atoms with Crippen LogP contribution in [0.4, 0.5) is 4.79 Å². The van der Waals surface area contributed by atoms with E-state index in [1.807, 2.05) is 25.7 Å². The number of rotatable bonds is 4. The Morgan fingerprint density at radius 2 is 2.05 bits per heavy atom. The highest BCUT2D eigenvalue weighted by Gasteiger charge is 2.30. The lowest BCUT2D eigenvalue weighted by molar-refractivity contribution is -0.0318. The molecule has 0 aromatic carbocycles. The van der Waals surface area contributed by atoms with E-state index in [9.17, 15) is 4.79 Å². The summed E-state index contributed by atoms with van der Waals surface area (Å²) in [4.78, 5) is 14.1. The maximum atomic E-state index is 12.3. The largest absolute Gasteiger partial charge is 0.444 e. The molecule has 6 nitrogen and oxygen atoms in total. The van der Waals surface area contributed by atoms with E-state index in [0.717, 1.165) is 32.1 Å². The van der Waals surface area contributed by atoms with Crippen LogP contribution in [0.2, 0.25) is 0 Å². The smallest absolute Gasteiger partial charge is 0.410 e. The van der Waals surface area contributed by atoms with Crippen LogP contribution in [-0.4, -0.2) is 68.6 Å². The van der Waals surface area contributed by atoms with Crippen LogP contribution >= 0.6 is 0 Å². The topological polar surface area (TPSA) is 62.8 Å². The van der Waals surface area contributed by atoms with E-state index in [1.165, 1.54) is 12.8 Å². The molecule has 0 aliphatic carbocycles. The molecule has 0 radical (unpaired) electrons. The summed E-state index contributed by atoms with van der Waals surface area (Å²) in [6, 6.07) is 0.0605. The Kier molecular flexibility index (Phi) is 6.47. The van der Waals surface area contributed by atoms with Gasteiger partial charge in [0.2, 0.25) is 0 Å². The molecule has 0 saturated carbocycles. The molecule has 1 amide bonds. The normalized spacial score (nSPS) is 24.3. The third-order valence-electron chi connectivity index (χ3n) is 4.13. The van der Waals surface area contributed by atoms with Crippen LogP contribution in [0.1, 0.15) is 33.6 Å². The minimum absolute atomic E-state index is 0.0605. The van der Waals surface area contributed by atoms with E-state index < -0.39 is 5.60 Å². The summed E-state index contributed by atoms with van der Waals surface area (Å²) in [7, 11) is 0. The maximum Gasteiger partial charge on any atom is 0.410 e. The lowest BCUT2D eigenvalue weighted by Gasteiger charge is -2.37. The number of hydrogen-bond donors (Lipinski definition) is 2. The van der Waals surface area contributed by atoms with Gasteiger partial charge in [-0.05, 0) is 59.2 Å². The molecule has 2 heterocycles. The van der Waals surface area contributed by atoms with Crippen LogP contribution < -0.4 is 10.6 Å². The lowest BCUT2D eigenvalue weighted by atomic mass is 9.98. The Labute approximate surface area is 133 Å². The van der Waals surface area contributed by atoms with E-state index >= 15 is 0 Å². The summed E-state index contributed by atoms with van der Waals surface area (Å²) < 4.78 is 11.0. The Bertz CT molecular complexity index is 351. The van der Waals surface area contributed by atoms with Crippen molar-refractivity contribution < 1.29 is 14.3 Å². The molecular formula is C16H31N3O3. The first-order valence-corrected chi connectivity index (χ1v) is 8.44. The van der Waals surface area contributed by atoms with Gasteiger partial charge in [-0.15, -0.1) is 0 Å². The van der Waals surface area contributed by atoms with Crippen LogP contribution in [0.25, 0.3) is 0 Å². The summed E-state index contributed by atoms with van der Waals surface area (Å²) >= 11 is 0. The third-order valence-corrected chi connectivity index (χ3v) is 4.13. The molecule has 128 valence electrons. The zero-order valence-corrected chi connectivity index (χ0v) is 14.2. The highest BCUT2D eigenvalue weighted by molar-refractivity contribution is 5.68. The van der Waals surface area contributed by atoms with Gasteiger partial charge in [0, 0.05) is 13.1 Å². The van der Waals surface area contributed by atoms with Crippen molar-refractivity contribution in [2.75, 3.05) is 45.9 Å². The first-order valence-electron chi connectivity index (χ1n) is 8.44. The number of piperidine rings is 1. The fourth-order valence-electron chi connectivity index (χ4n) is 2.92. The fraction of sp³-hybridized carbons (Fsp3) is 0.938. The molecule has 2 aliphatic heterocycles. The van der Waals surface area contributed by atoms with E-state index in [0.29, 0.717) is 19.8 Å². The first-order chi connectivity index (χ1) is 10.5. The van der Waals surface area contributed by atoms with E-state index in [1.54, 1.807) is 0 Å². The monoisotopic (exact) mass is 313 g/mol. The zero-order valence-electron chi connectivity index (χ0n) is 14.2. The summed E-state index contributed by atoms with van der Waals surface area (Å²) in [5.41, 5.74) is -0.456. The Morgan fingerprint density at radius 3 is 2.73 bits per heavy atom. The van der Waals surface area contributed by atoms with Crippen molar-refractivity contribution in [3.8, 4) is 0 Å². The molecule has 2 rings (SSSR count). The second-order valence-electron chi connectivity index (χ2n) is 7.25. The molecule has 22 heavy (non-hydrogen) atoms. The molecule has 0 aromatic heterocycles. The molecule has 1 unspecified atom stereocenters. The Morgan fingerprint density at radius 1 is 1.32 bits per heavy atom. The maximum absolute atomic E-state index is 12.3. The number of morpholine rings is 1. The van der Waals surface area contributed by atoms with Gasteiger partial charge in [0.15, 0.2) is 0 Å². The summed E-state index contributed by atoms with van der Waals surface area (Å²) in [5.74, 6) is 0.737. The Balaban J connectivity index is 1.77. The van der Waals surface area contributed by atoms with Gasteiger partial charge in [-0.25, -0.2) is 4.79 Å². The van der Waals surface area contributed by atoms with Crippen LogP contribution in [0.3, 0.4) is 0 Å². The highest BCUT2D eigenvalue weighted by Crippen LogP contribution is 2.15. The van der Waals surface area contributed by atoms with E-state index in [2.05, 4.69) is 10.6 Å². The van der Waals surface area contributed by atoms with Gasteiger partial charge in [-0.2, -0.15) is 0 Å². The summed E-state index contributed by atoms with van der Waals surface area (Å²) in [6.07, 6.45) is 2.22. The molecule has 2 fully saturated rings. The quantitative estimate of drug-likeness (QED) is 0.817. The number of nitrogens with one attached hydrogen (secondary N) is 2. The summed E-state index contributed by atoms with van der Waals surface area (Å²) in [5, 5.41) is 6.90. The summed E-state index contributed by atoms with van der Waals surface area (Å²) in [6.45, 7) is 11.5. The molecule has 2 saturated heterocycles. The molecule has 6 heteroatoms. The van der Waals surface area contributed by atoms with Crippen LogP contribution in [0.15, 0.2) is 0 Å². The van der Waals surface area contributed by atoms with Crippen LogP contribution in [0, 0.1) is 5.92 Å². The van der Waals surface area contributed by atoms with Gasteiger partial charge >= 0.3 is 6.09 Å². The van der Waals surface area contributed by atoms with Gasteiger partial charge in [0.25, 0.3) is 0 Å². The van der Waals surface area contributed by atoms with Crippen LogP contribution in [0.5, 0.6) is 0 Å². The lowest BCUT2D eigenvalue weighted by Crippen LogP contribution is -2.54. The third kappa shape index (κ3) is 5.74. The van der Waals surface area contributed by atoms with Crippen molar-refractivity contribution in [2.24, 2.45) is 5.92 Å². The van der Waals surface area contributed by atoms with Crippen molar-refractivity contribution in [3.63, 3.8) is 0 Å². The second-order valence-corrected chi connectivity index (χ2v) is 7.25. The second kappa shape index (κ2) is 8.13. The molecule has 0 aromatic rings. The van der Waals surface area contributed by atoms with Crippen molar-refractivity contribution in [1.82, 2.24) is 15.5 Å². The molecular weight excluding hydrogens is 282 g/mol. The van der Waals surface area contributed by atoms with Crippen LogP contribution in [-0.2, 0) is 9.47 Å². The first kappa shape index (κ1) is 17.5. The standard InChI is InChI=1S/C16H31N3O3/c1-16(2,3)22-15(20)19-8-9-21-12-14(19)11-18-10-13-4-6-17-7-5-13/h13-14,17-18H,4-12H2,1-3H3. The highest BCUT2D eigenvalue weighted by atomic mass is 16.6. The molecule has 1 atom stereocenters. The van der Waals surface area contributed by atoms with Gasteiger partial charge in [-0.3, -0.25) is 4.90 Å². The Hall–Kier alpha value is -0.850. The van der Waals surface area contributed by atoms with Crippen molar-refractivity contribution in [2.45, 2.75) is 45.3 Å². The van der Waals surface area contributed by atoms with Gasteiger partial charge < -0.3 is 20.1 Å². The number of ether oxygens (including phenoxy) is 2. The predicted octanol–water partition coefficient (Wildman–Crippen LogP) is 1.21. The SMILES string of the molecule is CC(C)(C)OC(=O)N1CCOCC1CNCC1CCNCC1. The molecule has 2 aliphatic rings. The fourth-order valence-corrected chi connectivity index (χ4v) is 2.92. The van der Waals surface area contributed by atoms with Crippen molar-refractivity contribution in [1.29, 1.82) is 0 Å². The number of hydrogen-bond acceptors (Lipinski definition) is 5. The molecule has 0 spiro atoms. The molecule has 2 N–H and O–H groups in total. The predicted molar refractivity (Wildman–Crippen MR) is 86.0 cm³/mol. The number of carbonyl (C=O) groups excluding carboxylic acids is 1. The minimum Gasteiger partial charge on any atom is -0.444 e. The van der Waals surface area contributed by atoms with Crippen molar-refractivity contribution >= 4 is 6.09 Å². The van der Waals surface area contributed by atoms with Gasteiger partial charge in [0.1, 0.15) is 5.60 Å². The zero-order chi connectivity index (χ0) is 16.0. The van der Waals surface area contributed by atoms with Gasteiger partial charge in [0.05, 0.1) is 19.3 Å². The van der Waals surface area contributed by atoms with E-state index in [4.69, 9.17) is 9.47 Å². The number of nitrogens with zero attached hydrogens (tertiary/aromatic N) is 1. The average molecular weight is 313 g/mol. The minimum atomic E-state index is -0.456. The average Bonchev–Trinajstić information content (AvgIpc) is 2.47. The van der Waals surface area contributed by atoms with Gasteiger partial charge in [-0.1, -0.05) is 0 Å².